The van der Waals surface area contributed by atoms with Gasteiger partial charge in [-0.2, -0.15) is 0 Å². The van der Waals surface area contributed by atoms with Crippen LogP contribution in [0.4, 0.5) is 0 Å². The van der Waals surface area contributed by atoms with Crippen LogP contribution in [0.3, 0.4) is 0 Å². The lowest BCUT2D eigenvalue weighted by Crippen LogP contribution is -2.06. The van der Waals surface area contributed by atoms with Crippen molar-refractivity contribution < 1.29 is 0 Å². The number of hydrogen-bond donors (Lipinski definition) is 0. The predicted molar refractivity (Wildman–Crippen MR) is 77.2 cm³/mol. The molecule has 0 nitrogen and oxygen atoms in total. The minimum absolute atomic E-state index is 0.563. The van der Waals surface area contributed by atoms with Crippen molar-refractivity contribution in [3.8, 4) is 11.1 Å². The summed E-state index contributed by atoms with van der Waals surface area (Å²) in [6.45, 7) is 2.30. The van der Waals surface area contributed by atoms with E-state index in [2.05, 4.69) is 78.0 Å². The van der Waals surface area contributed by atoms with E-state index < -0.39 is 0 Å². The summed E-state index contributed by atoms with van der Waals surface area (Å²) in [6.07, 6.45) is 0. The van der Waals surface area contributed by atoms with Crippen molar-refractivity contribution in [2.45, 2.75) is 16.8 Å². The average molecular weight is 320 g/mol. The van der Waals surface area contributed by atoms with E-state index in [-0.39, 0.29) is 0 Å². The van der Waals surface area contributed by atoms with Crippen molar-refractivity contribution in [1.29, 1.82) is 0 Å². The number of hydrogen-bond acceptors (Lipinski definition) is 0. The molecule has 0 aliphatic heterocycles. The van der Waals surface area contributed by atoms with Crippen molar-refractivity contribution in [1.82, 2.24) is 0 Å². The third-order valence-electron chi connectivity index (χ3n) is 3.34. The summed E-state index contributed by atoms with van der Waals surface area (Å²) >= 11 is 2.54. The minimum Gasteiger partial charge on any atom is -0.0819 e. The smallest absolute Gasteiger partial charge is 0.0217 e. The molecule has 0 bridgehead atoms. The van der Waals surface area contributed by atoms with Crippen molar-refractivity contribution in [3.05, 3.63) is 59.7 Å². The molecule has 0 saturated carbocycles. The van der Waals surface area contributed by atoms with E-state index in [9.17, 15) is 0 Å². The Morgan fingerprint density at radius 2 is 1.31 bits per heavy atom. The summed E-state index contributed by atoms with van der Waals surface area (Å²) in [5, 5.41) is 0. The Bertz CT molecular complexity index is 483. The standard InChI is InChI=1S/C15H13I/c1-10(16)15-13-8-4-2-6-11(13)12-7-3-5-9-14(12)15/h2-10,15H,1H3. The van der Waals surface area contributed by atoms with Gasteiger partial charge in [-0.15, -0.1) is 0 Å². The zero-order valence-electron chi connectivity index (χ0n) is 9.15. The van der Waals surface area contributed by atoms with Gasteiger partial charge in [-0.1, -0.05) is 78.0 Å². The number of alkyl halides is 1. The predicted octanol–water partition coefficient (Wildman–Crippen LogP) is 4.62. The molecule has 1 aliphatic rings. The van der Waals surface area contributed by atoms with E-state index in [0.717, 1.165) is 0 Å². The summed E-state index contributed by atoms with van der Waals surface area (Å²) in [7, 11) is 0. The van der Waals surface area contributed by atoms with E-state index in [1.54, 1.807) is 0 Å². The van der Waals surface area contributed by atoms with Gasteiger partial charge in [0, 0.05) is 9.84 Å². The number of benzene rings is 2. The van der Waals surface area contributed by atoms with Crippen molar-refractivity contribution in [2.24, 2.45) is 0 Å². The highest BCUT2D eigenvalue weighted by Gasteiger charge is 2.30. The third kappa shape index (κ3) is 1.41. The fourth-order valence-electron chi connectivity index (χ4n) is 2.69. The highest BCUT2D eigenvalue weighted by Crippen LogP contribution is 2.47. The third-order valence-corrected chi connectivity index (χ3v) is 4.06. The van der Waals surface area contributed by atoms with Gasteiger partial charge in [-0.05, 0) is 22.3 Å². The van der Waals surface area contributed by atoms with Crippen LogP contribution in [0.1, 0.15) is 24.0 Å². The topological polar surface area (TPSA) is 0 Å². The van der Waals surface area contributed by atoms with E-state index in [1.807, 2.05) is 0 Å². The molecule has 0 N–H and O–H groups in total. The Morgan fingerprint density at radius 3 is 1.75 bits per heavy atom. The van der Waals surface area contributed by atoms with Gasteiger partial charge in [-0.25, -0.2) is 0 Å². The molecule has 3 rings (SSSR count). The summed E-state index contributed by atoms with van der Waals surface area (Å²) in [4.78, 5) is 0. The van der Waals surface area contributed by atoms with Crippen molar-refractivity contribution in [2.75, 3.05) is 0 Å². The Morgan fingerprint density at radius 1 is 0.875 bits per heavy atom. The van der Waals surface area contributed by atoms with Gasteiger partial charge in [0.25, 0.3) is 0 Å². The van der Waals surface area contributed by atoms with Gasteiger partial charge in [0.2, 0.25) is 0 Å². The second kappa shape index (κ2) is 3.88. The first kappa shape index (κ1) is 10.3. The molecule has 0 heterocycles. The van der Waals surface area contributed by atoms with E-state index >= 15 is 0 Å². The van der Waals surface area contributed by atoms with Gasteiger partial charge < -0.3 is 0 Å². The average Bonchev–Trinajstić information content (AvgIpc) is 2.63. The summed E-state index contributed by atoms with van der Waals surface area (Å²) in [5.41, 5.74) is 5.83. The molecular weight excluding hydrogens is 307 g/mol. The Labute approximate surface area is 110 Å². The monoisotopic (exact) mass is 320 g/mol. The second-order valence-electron chi connectivity index (χ2n) is 4.33. The Kier molecular flexibility index (Phi) is 2.51. The fourth-order valence-corrected chi connectivity index (χ4v) is 3.46. The molecule has 0 amide bonds. The van der Waals surface area contributed by atoms with Gasteiger partial charge in [-0.3, -0.25) is 0 Å². The van der Waals surface area contributed by atoms with Gasteiger partial charge in [0.15, 0.2) is 0 Å². The highest BCUT2D eigenvalue weighted by molar-refractivity contribution is 14.1. The number of halogens is 1. The van der Waals surface area contributed by atoms with Crippen LogP contribution in [0.2, 0.25) is 0 Å². The van der Waals surface area contributed by atoms with Crippen LogP contribution in [0.25, 0.3) is 11.1 Å². The largest absolute Gasteiger partial charge is 0.0819 e. The molecular formula is C15H13I. The molecule has 0 saturated heterocycles. The van der Waals surface area contributed by atoms with Crippen LogP contribution in [0, 0.1) is 0 Å². The first-order valence-electron chi connectivity index (χ1n) is 5.61. The van der Waals surface area contributed by atoms with Crippen molar-refractivity contribution >= 4 is 22.6 Å². The first-order valence-corrected chi connectivity index (χ1v) is 6.86. The molecule has 1 unspecified atom stereocenters. The van der Waals surface area contributed by atoms with Gasteiger partial charge in [0.1, 0.15) is 0 Å². The number of rotatable bonds is 1. The molecule has 0 radical (unpaired) electrons. The summed E-state index contributed by atoms with van der Waals surface area (Å²) in [6, 6.07) is 17.6. The molecule has 80 valence electrons. The van der Waals surface area contributed by atoms with Crippen LogP contribution in [-0.4, -0.2) is 3.92 Å². The maximum atomic E-state index is 2.54. The van der Waals surface area contributed by atoms with Gasteiger partial charge in [0.05, 0.1) is 0 Å². The lowest BCUT2D eigenvalue weighted by atomic mass is 9.94. The van der Waals surface area contributed by atoms with Crippen LogP contribution >= 0.6 is 22.6 Å². The maximum absolute atomic E-state index is 2.54. The quantitative estimate of drug-likeness (QED) is 0.531. The van der Waals surface area contributed by atoms with E-state index in [0.29, 0.717) is 9.84 Å². The minimum atomic E-state index is 0.563. The molecule has 1 aliphatic carbocycles. The molecule has 2 aromatic rings. The van der Waals surface area contributed by atoms with Crippen LogP contribution in [-0.2, 0) is 0 Å². The van der Waals surface area contributed by atoms with Crippen LogP contribution in [0.5, 0.6) is 0 Å². The fraction of sp³-hybridized carbons (Fsp3) is 0.200. The zero-order chi connectivity index (χ0) is 11.1. The Hall–Kier alpha value is -0.830. The van der Waals surface area contributed by atoms with Crippen LogP contribution < -0.4 is 0 Å². The van der Waals surface area contributed by atoms with Gasteiger partial charge >= 0.3 is 0 Å². The second-order valence-corrected chi connectivity index (χ2v) is 6.29. The molecule has 1 atom stereocenters. The molecule has 2 aromatic carbocycles. The highest BCUT2D eigenvalue weighted by atomic mass is 127. The molecule has 16 heavy (non-hydrogen) atoms. The van der Waals surface area contributed by atoms with Crippen LogP contribution in [0.15, 0.2) is 48.5 Å². The first-order chi connectivity index (χ1) is 7.79. The van der Waals surface area contributed by atoms with Crippen molar-refractivity contribution in [3.63, 3.8) is 0 Å². The zero-order valence-corrected chi connectivity index (χ0v) is 11.3. The van der Waals surface area contributed by atoms with E-state index in [4.69, 9.17) is 0 Å². The molecule has 0 spiro atoms. The SMILES string of the molecule is CC(I)C1c2ccccc2-c2ccccc21. The molecule has 0 fully saturated rings. The maximum Gasteiger partial charge on any atom is 0.0217 e. The van der Waals surface area contributed by atoms with E-state index in [1.165, 1.54) is 22.3 Å². The lowest BCUT2D eigenvalue weighted by Gasteiger charge is -2.16. The Balaban J connectivity index is 2.30. The summed E-state index contributed by atoms with van der Waals surface area (Å²) in [5.74, 6) is 0.563. The normalized spacial score (nSPS) is 15.6. The lowest BCUT2D eigenvalue weighted by molar-refractivity contribution is 0.842. The summed E-state index contributed by atoms with van der Waals surface area (Å²) < 4.78 is 0.627. The molecule has 0 aromatic heterocycles. The molecule has 1 heteroatoms. The number of fused-ring (bicyclic) bond motifs is 3.